The van der Waals surface area contributed by atoms with Gasteiger partial charge in [0, 0.05) is 19.3 Å². The number of esters is 3. The molecule has 12 nitrogen and oxygen atoms in total. The van der Waals surface area contributed by atoms with Crippen LogP contribution >= 0.6 is 0 Å². The molecule has 1 aliphatic rings. The zero-order chi connectivity index (χ0) is 61.7. The third-order valence-corrected chi connectivity index (χ3v) is 15.4. The molecule has 0 aromatic rings. The van der Waals surface area contributed by atoms with E-state index < -0.39 is 67.3 Å². The first-order valence-corrected chi connectivity index (χ1v) is 34.6. The summed E-state index contributed by atoms with van der Waals surface area (Å²) < 4.78 is 28.6. The summed E-state index contributed by atoms with van der Waals surface area (Å²) in [6.07, 6.45) is 66.7. The molecule has 3 N–H and O–H groups in total. The number of carbonyl (C=O) groups is 4. The van der Waals surface area contributed by atoms with Crippen molar-refractivity contribution < 1.29 is 58.2 Å². The maximum atomic E-state index is 13.2. The van der Waals surface area contributed by atoms with Gasteiger partial charge in [0.05, 0.1) is 6.61 Å². The number of aliphatic hydroxyl groups excluding tert-OH is 2. The second-order valence-corrected chi connectivity index (χ2v) is 23.4. The highest BCUT2D eigenvalue weighted by molar-refractivity contribution is 5.74. The van der Waals surface area contributed by atoms with Gasteiger partial charge in [0.1, 0.15) is 18.8 Å². The molecule has 12 heteroatoms. The van der Waals surface area contributed by atoms with E-state index in [1.54, 1.807) is 0 Å². The van der Waals surface area contributed by atoms with Crippen LogP contribution in [0.25, 0.3) is 0 Å². The van der Waals surface area contributed by atoms with Gasteiger partial charge in [-0.15, -0.1) is 0 Å². The summed E-state index contributed by atoms with van der Waals surface area (Å²) in [5.41, 5.74) is 0. The van der Waals surface area contributed by atoms with Gasteiger partial charge in [-0.1, -0.05) is 254 Å². The quantitative estimate of drug-likeness (QED) is 0.0228. The van der Waals surface area contributed by atoms with E-state index in [2.05, 4.69) is 106 Å². The number of ether oxygens (including phenoxy) is 5. The summed E-state index contributed by atoms with van der Waals surface area (Å²) >= 11 is 0. The molecular weight excluding hydrogens is 1070 g/mol. The molecular formula is C73H124O12. The number of carbonyl (C=O) groups excluding carboxylic acids is 3. The molecule has 0 radical (unpaired) electrons. The lowest BCUT2D eigenvalue weighted by Gasteiger charge is -2.40. The minimum Gasteiger partial charge on any atom is -0.479 e. The minimum absolute atomic E-state index is 0.0505. The topological polar surface area (TPSA) is 175 Å². The van der Waals surface area contributed by atoms with Crippen molar-refractivity contribution in [2.45, 2.75) is 340 Å². The van der Waals surface area contributed by atoms with Crippen LogP contribution in [0.5, 0.6) is 0 Å². The Morgan fingerprint density at radius 3 is 1.16 bits per heavy atom. The first-order chi connectivity index (χ1) is 41.6. The van der Waals surface area contributed by atoms with Crippen LogP contribution in [0.4, 0.5) is 0 Å². The van der Waals surface area contributed by atoms with Crippen LogP contribution < -0.4 is 0 Å². The standard InChI is InChI=1S/C73H124O12/c1-4-7-10-13-16-19-22-25-28-31-33-36-38-41-44-47-50-53-56-59-65(74)81-62-64(83-66(75)60-57-54-51-48-45-42-39-35-30-27-24-21-18-15-12-9-6-3)63-82-73-71(69(78)68(77)70(85-73)72(79)80)84-67(76)61-58-55-52-49-46-43-40-37-34-32-29-26-23-20-17-14-11-8-5-2/h9,12,17-18,20-21,25-30,39,42,64,68-71,73,77-78H,4-8,10-11,13-16,19,22-24,31-38,40-41,43-63H2,1-3H3,(H,79,80)/b12-9-,20-17-,21-18-,28-25-,29-26-,30-27-,42-39-. The normalized spacial score (nSPS) is 18.0. The zero-order valence-electron chi connectivity index (χ0n) is 54.1. The number of carboxylic acid groups (broad SMARTS) is 1. The van der Waals surface area contributed by atoms with Crippen molar-refractivity contribution in [2.24, 2.45) is 0 Å². The largest absolute Gasteiger partial charge is 0.479 e. The fourth-order valence-corrected chi connectivity index (χ4v) is 10.2. The number of aliphatic carboxylic acids is 1. The molecule has 0 bridgehead atoms. The van der Waals surface area contributed by atoms with Crippen LogP contribution in [0.3, 0.4) is 0 Å². The average Bonchev–Trinajstić information content (AvgIpc) is 3.53. The summed E-state index contributed by atoms with van der Waals surface area (Å²) in [6.45, 7) is 5.87. The maximum Gasteiger partial charge on any atom is 0.335 e. The Bertz CT molecular complexity index is 1800. The van der Waals surface area contributed by atoms with Crippen molar-refractivity contribution in [1.82, 2.24) is 0 Å². The molecule has 0 saturated carbocycles. The van der Waals surface area contributed by atoms with Gasteiger partial charge in [-0.25, -0.2) is 4.79 Å². The molecule has 6 unspecified atom stereocenters. The van der Waals surface area contributed by atoms with E-state index in [9.17, 15) is 34.5 Å². The summed E-state index contributed by atoms with van der Waals surface area (Å²) in [7, 11) is 0. The van der Waals surface area contributed by atoms with E-state index in [1.165, 1.54) is 135 Å². The average molecular weight is 1190 g/mol. The first-order valence-electron chi connectivity index (χ1n) is 34.6. The van der Waals surface area contributed by atoms with Crippen molar-refractivity contribution in [1.29, 1.82) is 0 Å². The van der Waals surface area contributed by atoms with Gasteiger partial charge >= 0.3 is 23.9 Å². The number of allylic oxidation sites excluding steroid dienone is 14. The van der Waals surface area contributed by atoms with Gasteiger partial charge in [-0.2, -0.15) is 0 Å². The molecule has 0 amide bonds. The molecule has 1 rings (SSSR count). The lowest BCUT2D eigenvalue weighted by Crippen LogP contribution is -2.61. The molecule has 1 fully saturated rings. The van der Waals surface area contributed by atoms with Gasteiger partial charge < -0.3 is 39.0 Å². The number of aliphatic hydroxyl groups is 2. The van der Waals surface area contributed by atoms with Crippen LogP contribution in [0.2, 0.25) is 0 Å². The number of hydrogen-bond donors (Lipinski definition) is 3. The Labute approximate surface area is 518 Å². The Morgan fingerprint density at radius 2 is 0.741 bits per heavy atom. The second kappa shape index (κ2) is 60.2. The predicted octanol–water partition coefficient (Wildman–Crippen LogP) is 19.0. The number of unbranched alkanes of at least 4 members (excludes halogenated alkanes) is 31. The lowest BCUT2D eigenvalue weighted by molar-refractivity contribution is -0.301. The van der Waals surface area contributed by atoms with Crippen LogP contribution in [0, 0.1) is 0 Å². The smallest absolute Gasteiger partial charge is 0.335 e. The third kappa shape index (κ3) is 49.6. The van der Waals surface area contributed by atoms with Crippen molar-refractivity contribution in [2.75, 3.05) is 13.2 Å². The van der Waals surface area contributed by atoms with Crippen LogP contribution in [-0.2, 0) is 42.9 Å². The van der Waals surface area contributed by atoms with E-state index in [-0.39, 0.29) is 25.9 Å². The summed E-state index contributed by atoms with van der Waals surface area (Å²) in [5, 5.41) is 31.7. The molecule has 1 aliphatic heterocycles. The number of rotatable bonds is 59. The molecule has 488 valence electrons. The molecule has 6 atom stereocenters. The van der Waals surface area contributed by atoms with Crippen molar-refractivity contribution in [3.8, 4) is 0 Å². The van der Waals surface area contributed by atoms with E-state index in [4.69, 9.17) is 23.7 Å². The van der Waals surface area contributed by atoms with Gasteiger partial charge in [0.15, 0.2) is 24.6 Å². The van der Waals surface area contributed by atoms with E-state index in [0.29, 0.717) is 19.3 Å². The number of hydrogen-bond acceptors (Lipinski definition) is 11. The maximum absolute atomic E-state index is 13.2. The van der Waals surface area contributed by atoms with E-state index in [0.717, 1.165) is 109 Å². The summed E-state index contributed by atoms with van der Waals surface area (Å²) in [4.78, 5) is 51.5. The molecule has 0 aromatic heterocycles. The van der Waals surface area contributed by atoms with Gasteiger partial charge in [0.25, 0.3) is 0 Å². The van der Waals surface area contributed by atoms with Crippen molar-refractivity contribution in [3.05, 3.63) is 85.1 Å². The first kappa shape index (κ1) is 78.9. The van der Waals surface area contributed by atoms with E-state index >= 15 is 0 Å². The third-order valence-electron chi connectivity index (χ3n) is 15.4. The monoisotopic (exact) mass is 1190 g/mol. The molecule has 1 heterocycles. The number of carboxylic acids is 1. The van der Waals surface area contributed by atoms with Crippen LogP contribution in [0.15, 0.2) is 85.1 Å². The fraction of sp³-hybridized carbons (Fsp3) is 0.753. The van der Waals surface area contributed by atoms with Crippen LogP contribution in [-0.4, -0.2) is 89.2 Å². The SMILES string of the molecule is CC/C=C\C/C=C\C/C=C\C/C=C\CCCCCCC(=O)OC(COC(=O)CCCCCCCCCCC/C=C\CCCCCCCC)COC1OC(C(=O)O)C(O)C(O)C1OC(=O)CCCCCCCCCCC/C=C\C/C=C\CCCCC. The van der Waals surface area contributed by atoms with Gasteiger partial charge in [-0.05, 0) is 116 Å². The Kier molecular flexibility index (Phi) is 55.9. The summed E-state index contributed by atoms with van der Waals surface area (Å²) in [5.74, 6) is -3.15. The predicted molar refractivity (Wildman–Crippen MR) is 349 cm³/mol. The zero-order valence-corrected chi connectivity index (χ0v) is 54.1. The van der Waals surface area contributed by atoms with Crippen LogP contribution in [0.1, 0.15) is 303 Å². The van der Waals surface area contributed by atoms with E-state index in [1.807, 2.05) is 0 Å². The lowest BCUT2D eigenvalue weighted by atomic mass is 9.98. The fourth-order valence-electron chi connectivity index (χ4n) is 10.2. The molecule has 1 saturated heterocycles. The highest BCUT2D eigenvalue weighted by Crippen LogP contribution is 2.27. The molecule has 0 spiro atoms. The molecule has 0 aliphatic carbocycles. The van der Waals surface area contributed by atoms with Crippen molar-refractivity contribution >= 4 is 23.9 Å². The summed E-state index contributed by atoms with van der Waals surface area (Å²) in [6, 6.07) is 0. The van der Waals surface area contributed by atoms with Gasteiger partial charge in [0.2, 0.25) is 0 Å². The Hall–Kier alpha value is -4.10. The Balaban J connectivity index is 2.65. The second-order valence-electron chi connectivity index (χ2n) is 23.4. The highest BCUT2D eigenvalue weighted by Gasteiger charge is 2.50. The molecule has 0 aromatic carbocycles. The van der Waals surface area contributed by atoms with Gasteiger partial charge in [-0.3, -0.25) is 14.4 Å². The highest BCUT2D eigenvalue weighted by atomic mass is 16.7. The van der Waals surface area contributed by atoms with Crippen molar-refractivity contribution in [3.63, 3.8) is 0 Å². The molecule has 85 heavy (non-hydrogen) atoms. The minimum atomic E-state index is -1.91. The Morgan fingerprint density at radius 1 is 0.400 bits per heavy atom.